The number of rotatable bonds is 3. The number of ether oxygens (including phenoxy) is 1. The van der Waals surface area contributed by atoms with Gasteiger partial charge in [0.25, 0.3) is 0 Å². The smallest absolute Gasteiger partial charge is 0.248 e. The molecule has 0 N–H and O–H groups in total. The number of hydrogen-bond acceptors (Lipinski definition) is 3. The Balaban J connectivity index is 2.17. The number of piperidine rings is 2. The molecule has 0 aromatic carbocycles. The molecule has 0 unspecified atom stereocenters. The Morgan fingerprint density at radius 3 is 2.70 bits per heavy atom. The van der Waals surface area contributed by atoms with Gasteiger partial charge in [0.15, 0.2) is 0 Å². The van der Waals surface area contributed by atoms with Crippen molar-refractivity contribution in [2.75, 3.05) is 26.3 Å². The van der Waals surface area contributed by atoms with Crippen LogP contribution >= 0.6 is 0 Å². The van der Waals surface area contributed by atoms with Gasteiger partial charge >= 0.3 is 0 Å². The summed E-state index contributed by atoms with van der Waals surface area (Å²) in [4.78, 5) is 28.2. The van der Waals surface area contributed by atoms with E-state index in [4.69, 9.17) is 4.74 Å². The van der Waals surface area contributed by atoms with Crippen LogP contribution < -0.4 is 0 Å². The van der Waals surface area contributed by atoms with Gasteiger partial charge in [-0.2, -0.15) is 0 Å². The Morgan fingerprint density at radius 1 is 1.30 bits per heavy atom. The summed E-state index contributed by atoms with van der Waals surface area (Å²) >= 11 is 0. The van der Waals surface area contributed by atoms with Crippen LogP contribution in [0.2, 0.25) is 0 Å². The van der Waals surface area contributed by atoms with Crippen LogP contribution in [0.4, 0.5) is 0 Å². The predicted octanol–water partition coefficient (Wildman–Crippen LogP) is 1.41. The lowest BCUT2D eigenvalue weighted by atomic mass is 9.76. The summed E-state index contributed by atoms with van der Waals surface area (Å²) in [5.74, 6) is 0.185. The molecule has 2 aliphatic rings. The van der Waals surface area contributed by atoms with Crippen LogP contribution in [0.15, 0.2) is 0 Å². The quantitative estimate of drug-likeness (QED) is 0.786. The number of amides is 2. The molecule has 2 amide bonds. The minimum absolute atomic E-state index is 0.0631. The lowest BCUT2D eigenvalue weighted by Gasteiger charge is -2.56. The zero-order valence-corrected chi connectivity index (χ0v) is 12.9. The Labute approximate surface area is 121 Å². The first-order chi connectivity index (χ1) is 9.50. The summed E-state index contributed by atoms with van der Waals surface area (Å²) < 4.78 is 5.26. The fourth-order valence-corrected chi connectivity index (χ4v) is 3.83. The number of carbonyl (C=O) groups is 2. The average molecular weight is 282 g/mol. The molecule has 0 radical (unpaired) electrons. The van der Waals surface area contributed by atoms with Crippen molar-refractivity contribution in [3.05, 3.63) is 0 Å². The highest BCUT2D eigenvalue weighted by Gasteiger charge is 2.49. The molecule has 5 heteroatoms. The molecule has 114 valence electrons. The highest BCUT2D eigenvalue weighted by molar-refractivity contribution is 5.79. The molecule has 2 rings (SSSR count). The molecule has 2 saturated heterocycles. The number of fused-ring (bicyclic) bond motifs is 1. The fourth-order valence-electron chi connectivity index (χ4n) is 3.83. The molecule has 20 heavy (non-hydrogen) atoms. The van der Waals surface area contributed by atoms with Gasteiger partial charge in [0.05, 0.1) is 11.6 Å². The molecule has 0 saturated carbocycles. The van der Waals surface area contributed by atoms with E-state index in [2.05, 4.69) is 6.92 Å². The van der Waals surface area contributed by atoms with Crippen LogP contribution in [0.5, 0.6) is 0 Å². The Bertz CT molecular complexity index is 385. The maximum absolute atomic E-state index is 12.3. The first-order valence-electron chi connectivity index (χ1n) is 7.66. The van der Waals surface area contributed by atoms with Crippen molar-refractivity contribution in [2.24, 2.45) is 0 Å². The summed E-state index contributed by atoms with van der Waals surface area (Å²) in [6.45, 7) is 7.98. The molecule has 0 aromatic rings. The van der Waals surface area contributed by atoms with Crippen molar-refractivity contribution in [1.29, 1.82) is 0 Å². The second-order valence-corrected chi connectivity index (χ2v) is 6.01. The summed E-state index contributed by atoms with van der Waals surface area (Å²) in [7, 11) is 0. The number of likely N-dealkylation sites (tertiary alicyclic amines) is 2. The van der Waals surface area contributed by atoms with Crippen LogP contribution in [0.25, 0.3) is 0 Å². The average Bonchev–Trinajstić information content (AvgIpc) is 2.42. The van der Waals surface area contributed by atoms with Gasteiger partial charge in [0.1, 0.15) is 6.61 Å². The van der Waals surface area contributed by atoms with Gasteiger partial charge in [0, 0.05) is 26.6 Å². The summed E-state index contributed by atoms with van der Waals surface area (Å²) in [6.07, 6.45) is 3.89. The van der Waals surface area contributed by atoms with E-state index < -0.39 is 0 Å². The normalized spacial score (nSPS) is 30.1. The van der Waals surface area contributed by atoms with Crippen molar-refractivity contribution in [3.63, 3.8) is 0 Å². The molecule has 0 spiro atoms. The highest BCUT2D eigenvalue weighted by atomic mass is 16.5. The van der Waals surface area contributed by atoms with Gasteiger partial charge in [-0.15, -0.1) is 0 Å². The van der Waals surface area contributed by atoms with Crippen molar-refractivity contribution >= 4 is 11.8 Å². The fraction of sp³-hybridized carbons (Fsp3) is 0.867. The van der Waals surface area contributed by atoms with Crippen molar-refractivity contribution in [1.82, 2.24) is 9.80 Å². The zero-order chi connectivity index (χ0) is 14.8. The Morgan fingerprint density at radius 2 is 2.05 bits per heavy atom. The lowest BCUT2D eigenvalue weighted by molar-refractivity contribution is -0.157. The van der Waals surface area contributed by atoms with E-state index in [1.807, 2.05) is 16.7 Å². The summed E-state index contributed by atoms with van der Waals surface area (Å²) in [5.41, 5.74) is -0.204. The van der Waals surface area contributed by atoms with Gasteiger partial charge in [-0.05, 0) is 39.5 Å². The van der Waals surface area contributed by atoms with E-state index in [0.29, 0.717) is 6.61 Å². The molecule has 0 aromatic heterocycles. The second kappa shape index (κ2) is 6.12. The summed E-state index contributed by atoms with van der Waals surface area (Å²) in [5, 5.41) is 0. The van der Waals surface area contributed by atoms with Gasteiger partial charge < -0.3 is 14.5 Å². The minimum Gasteiger partial charge on any atom is -0.372 e. The van der Waals surface area contributed by atoms with Gasteiger partial charge in [-0.25, -0.2) is 0 Å². The SMILES string of the molecule is CCOCC(=O)N1CCC[C@@]2(C)[C@@H]1CCCN2C(C)=O. The van der Waals surface area contributed by atoms with Crippen LogP contribution in [0, 0.1) is 0 Å². The minimum atomic E-state index is -0.204. The topological polar surface area (TPSA) is 49.9 Å². The highest BCUT2D eigenvalue weighted by Crippen LogP contribution is 2.39. The molecule has 0 bridgehead atoms. The number of nitrogens with zero attached hydrogens (tertiary/aromatic N) is 2. The number of carbonyl (C=O) groups excluding carboxylic acids is 2. The van der Waals surface area contributed by atoms with Gasteiger partial charge in [0.2, 0.25) is 11.8 Å². The van der Waals surface area contributed by atoms with E-state index in [9.17, 15) is 9.59 Å². The molecule has 2 fully saturated rings. The van der Waals surface area contributed by atoms with E-state index in [1.54, 1.807) is 6.92 Å². The maximum Gasteiger partial charge on any atom is 0.248 e. The standard InChI is InChI=1S/C15H26N2O3/c1-4-20-11-14(19)16-9-6-8-15(3)13(16)7-5-10-17(15)12(2)18/h13H,4-11H2,1-3H3/t13-,15-/m0/s1. The predicted molar refractivity (Wildman–Crippen MR) is 76.3 cm³/mol. The molecule has 2 aliphatic heterocycles. The lowest BCUT2D eigenvalue weighted by Crippen LogP contribution is -2.68. The van der Waals surface area contributed by atoms with E-state index in [-0.39, 0.29) is 30.0 Å². The molecule has 2 heterocycles. The number of hydrogen-bond donors (Lipinski definition) is 0. The van der Waals surface area contributed by atoms with E-state index in [1.165, 1.54) is 0 Å². The third kappa shape index (κ3) is 2.68. The van der Waals surface area contributed by atoms with Crippen molar-refractivity contribution in [3.8, 4) is 0 Å². The molecule has 0 aliphatic carbocycles. The van der Waals surface area contributed by atoms with Crippen LogP contribution in [0.3, 0.4) is 0 Å². The van der Waals surface area contributed by atoms with Crippen LogP contribution in [-0.4, -0.2) is 59.5 Å². The van der Waals surface area contributed by atoms with E-state index >= 15 is 0 Å². The van der Waals surface area contributed by atoms with Gasteiger partial charge in [-0.3, -0.25) is 9.59 Å². The Kier molecular flexibility index (Phi) is 4.68. The first kappa shape index (κ1) is 15.3. The third-order valence-electron chi connectivity index (χ3n) is 4.78. The van der Waals surface area contributed by atoms with Crippen LogP contribution in [-0.2, 0) is 14.3 Å². The van der Waals surface area contributed by atoms with Gasteiger partial charge in [-0.1, -0.05) is 0 Å². The maximum atomic E-state index is 12.3. The molecular formula is C15H26N2O3. The molecule has 5 nitrogen and oxygen atoms in total. The Hall–Kier alpha value is -1.10. The van der Waals surface area contributed by atoms with Crippen molar-refractivity contribution in [2.45, 2.75) is 58.0 Å². The zero-order valence-electron chi connectivity index (χ0n) is 12.9. The van der Waals surface area contributed by atoms with Crippen molar-refractivity contribution < 1.29 is 14.3 Å². The van der Waals surface area contributed by atoms with E-state index in [0.717, 1.165) is 38.8 Å². The molecule has 2 atom stereocenters. The summed E-state index contributed by atoms with van der Waals surface area (Å²) in [6, 6.07) is 0.141. The largest absolute Gasteiger partial charge is 0.372 e. The second-order valence-electron chi connectivity index (χ2n) is 6.01. The molecular weight excluding hydrogens is 256 g/mol. The van der Waals surface area contributed by atoms with Crippen LogP contribution in [0.1, 0.15) is 46.5 Å². The first-order valence-corrected chi connectivity index (χ1v) is 7.66. The monoisotopic (exact) mass is 282 g/mol. The third-order valence-corrected chi connectivity index (χ3v) is 4.78.